The molecule has 0 atom stereocenters. The standard InChI is InChI=1S/C21H14Br2O2/c22-15-5-7-17-13(10-15)2-1-3-19(17)21-18-8-6-16(23)11-14(18)4-9-20(21)25-12-24/h1-11,24H,12H2. The minimum atomic E-state index is -0.356. The molecule has 0 spiro atoms. The number of hydrogen-bond donors (Lipinski definition) is 1. The molecule has 0 aliphatic carbocycles. The molecule has 0 saturated heterocycles. The van der Waals surface area contributed by atoms with Gasteiger partial charge in [0.1, 0.15) is 5.75 Å². The Labute approximate surface area is 162 Å². The van der Waals surface area contributed by atoms with Gasteiger partial charge in [-0.05, 0) is 57.4 Å². The number of rotatable bonds is 3. The summed E-state index contributed by atoms with van der Waals surface area (Å²) >= 11 is 7.07. The largest absolute Gasteiger partial charge is 0.467 e. The summed E-state index contributed by atoms with van der Waals surface area (Å²) in [4.78, 5) is 0. The van der Waals surface area contributed by atoms with Crippen LogP contribution in [0.2, 0.25) is 0 Å². The molecule has 0 radical (unpaired) electrons. The Bertz CT molecular complexity index is 1090. The third-order valence-electron chi connectivity index (χ3n) is 4.28. The van der Waals surface area contributed by atoms with Crippen LogP contribution in [0.1, 0.15) is 0 Å². The molecule has 2 nitrogen and oxygen atoms in total. The summed E-state index contributed by atoms with van der Waals surface area (Å²) in [6, 6.07) is 22.6. The summed E-state index contributed by atoms with van der Waals surface area (Å²) in [6.45, 7) is -0.356. The number of hydrogen-bond acceptors (Lipinski definition) is 2. The van der Waals surface area contributed by atoms with E-state index in [0.29, 0.717) is 5.75 Å². The predicted octanol–water partition coefficient (Wildman–Crippen LogP) is 6.51. The van der Waals surface area contributed by atoms with Crippen molar-refractivity contribution in [2.24, 2.45) is 0 Å². The Morgan fingerprint density at radius 1 is 0.760 bits per heavy atom. The zero-order valence-corrected chi connectivity index (χ0v) is 16.3. The highest BCUT2D eigenvalue weighted by Gasteiger charge is 2.14. The molecule has 0 fully saturated rings. The molecule has 4 aromatic rings. The lowest BCUT2D eigenvalue weighted by Gasteiger charge is -2.15. The lowest BCUT2D eigenvalue weighted by atomic mass is 9.93. The molecule has 25 heavy (non-hydrogen) atoms. The van der Waals surface area contributed by atoms with Gasteiger partial charge in [0.2, 0.25) is 0 Å². The van der Waals surface area contributed by atoms with E-state index in [4.69, 9.17) is 4.74 Å². The molecule has 4 heteroatoms. The topological polar surface area (TPSA) is 29.5 Å². The van der Waals surface area contributed by atoms with E-state index in [2.05, 4.69) is 68.3 Å². The van der Waals surface area contributed by atoms with Gasteiger partial charge in [0.05, 0.1) is 0 Å². The molecular weight excluding hydrogens is 444 g/mol. The van der Waals surface area contributed by atoms with Gasteiger partial charge in [-0.25, -0.2) is 0 Å². The Balaban J connectivity index is 2.10. The van der Waals surface area contributed by atoms with Crippen LogP contribution >= 0.6 is 31.9 Å². The van der Waals surface area contributed by atoms with E-state index >= 15 is 0 Å². The molecule has 4 aromatic carbocycles. The van der Waals surface area contributed by atoms with Crippen molar-refractivity contribution >= 4 is 53.4 Å². The highest BCUT2D eigenvalue weighted by molar-refractivity contribution is 9.10. The average Bonchev–Trinajstić information content (AvgIpc) is 2.61. The van der Waals surface area contributed by atoms with Crippen LogP contribution in [-0.2, 0) is 0 Å². The summed E-state index contributed by atoms with van der Waals surface area (Å²) in [7, 11) is 0. The molecule has 0 unspecified atom stereocenters. The third-order valence-corrected chi connectivity index (χ3v) is 5.26. The first-order valence-corrected chi connectivity index (χ1v) is 9.40. The number of aliphatic hydroxyl groups excluding tert-OH is 1. The van der Waals surface area contributed by atoms with Crippen molar-refractivity contribution in [2.75, 3.05) is 6.79 Å². The molecular formula is C21H14Br2O2. The normalized spacial score (nSPS) is 11.2. The van der Waals surface area contributed by atoms with Gasteiger partial charge in [-0.1, -0.05) is 68.3 Å². The Morgan fingerprint density at radius 2 is 1.44 bits per heavy atom. The van der Waals surface area contributed by atoms with E-state index in [9.17, 15) is 5.11 Å². The van der Waals surface area contributed by atoms with Crippen LogP contribution in [0, 0.1) is 0 Å². The smallest absolute Gasteiger partial charge is 0.186 e. The number of halogens is 2. The Hall–Kier alpha value is -1.88. The van der Waals surface area contributed by atoms with Crippen molar-refractivity contribution in [3.05, 3.63) is 75.7 Å². The van der Waals surface area contributed by atoms with Gasteiger partial charge in [-0.15, -0.1) is 0 Å². The minimum absolute atomic E-state index is 0.356. The fourth-order valence-corrected chi connectivity index (χ4v) is 3.98. The van der Waals surface area contributed by atoms with Gasteiger partial charge < -0.3 is 9.84 Å². The maximum absolute atomic E-state index is 9.32. The lowest BCUT2D eigenvalue weighted by molar-refractivity contribution is 0.0992. The summed E-state index contributed by atoms with van der Waals surface area (Å²) in [6.07, 6.45) is 0. The summed E-state index contributed by atoms with van der Waals surface area (Å²) < 4.78 is 7.62. The van der Waals surface area contributed by atoms with Crippen LogP contribution in [0.5, 0.6) is 5.75 Å². The average molecular weight is 458 g/mol. The van der Waals surface area contributed by atoms with E-state index in [1.54, 1.807) is 0 Å². The van der Waals surface area contributed by atoms with Crippen molar-refractivity contribution in [1.82, 2.24) is 0 Å². The second kappa shape index (κ2) is 6.79. The van der Waals surface area contributed by atoms with Crippen molar-refractivity contribution < 1.29 is 9.84 Å². The molecule has 1 N–H and O–H groups in total. The summed E-state index contributed by atoms with van der Waals surface area (Å²) in [5, 5.41) is 13.8. The first-order valence-electron chi connectivity index (χ1n) is 7.82. The molecule has 0 amide bonds. The molecule has 0 bridgehead atoms. The van der Waals surface area contributed by atoms with Crippen LogP contribution in [0.3, 0.4) is 0 Å². The van der Waals surface area contributed by atoms with Gasteiger partial charge in [0.15, 0.2) is 6.79 Å². The van der Waals surface area contributed by atoms with Crippen LogP contribution in [0.4, 0.5) is 0 Å². The molecule has 0 aliphatic rings. The van der Waals surface area contributed by atoms with E-state index in [0.717, 1.165) is 41.6 Å². The van der Waals surface area contributed by atoms with Crippen molar-refractivity contribution in [3.63, 3.8) is 0 Å². The van der Waals surface area contributed by atoms with Crippen LogP contribution < -0.4 is 4.74 Å². The van der Waals surface area contributed by atoms with Gasteiger partial charge in [0, 0.05) is 14.5 Å². The third kappa shape index (κ3) is 3.06. The molecule has 124 valence electrons. The molecule has 0 aromatic heterocycles. The SMILES string of the molecule is OCOc1ccc2cc(Br)ccc2c1-c1cccc2cc(Br)ccc12. The van der Waals surface area contributed by atoms with E-state index in [-0.39, 0.29) is 6.79 Å². The van der Waals surface area contributed by atoms with Gasteiger partial charge in [0.25, 0.3) is 0 Å². The Kier molecular flexibility index (Phi) is 4.50. The fourth-order valence-electron chi connectivity index (χ4n) is 3.22. The van der Waals surface area contributed by atoms with Crippen molar-refractivity contribution in [1.29, 1.82) is 0 Å². The minimum Gasteiger partial charge on any atom is -0.467 e. The number of benzene rings is 4. The van der Waals surface area contributed by atoms with E-state index in [1.165, 1.54) is 0 Å². The van der Waals surface area contributed by atoms with Gasteiger partial charge >= 0.3 is 0 Å². The van der Waals surface area contributed by atoms with E-state index < -0.39 is 0 Å². The molecule has 0 heterocycles. The molecule has 0 saturated carbocycles. The van der Waals surface area contributed by atoms with Crippen LogP contribution in [0.15, 0.2) is 75.7 Å². The summed E-state index contributed by atoms with van der Waals surface area (Å²) in [5.41, 5.74) is 2.08. The van der Waals surface area contributed by atoms with Crippen LogP contribution in [0.25, 0.3) is 32.7 Å². The highest BCUT2D eigenvalue weighted by atomic mass is 79.9. The van der Waals surface area contributed by atoms with Crippen molar-refractivity contribution in [3.8, 4) is 16.9 Å². The first-order chi connectivity index (χ1) is 12.2. The first kappa shape index (κ1) is 16.6. The number of aliphatic hydroxyl groups is 1. The number of fused-ring (bicyclic) bond motifs is 2. The zero-order chi connectivity index (χ0) is 17.4. The van der Waals surface area contributed by atoms with E-state index in [1.807, 2.05) is 30.3 Å². The van der Waals surface area contributed by atoms with Gasteiger partial charge in [-0.3, -0.25) is 0 Å². The highest BCUT2D eigenvalue weighted by Crippen LogP contribution is 2.41. The monoisotopic (exact) mass is 456 g/mol. The van der Waals surface area contributed by atoms with Gasteiger partial charge in [-0.2, -0.15) is 0 Å². The maximum Gasteiger partial charge on any atom is 0.186 e. The summed E-state index contributed by atoms with van der Waals surface area (Å²) in [5.74, 6) is 0.674. The molecule has 4 rings (SSSR count). The zero-order valence-electron chi connectivity index (χ0n) is 13.2. The fraction of sp³-hybridized carbons (Fsp3) is 0.0476. The maximum atomic E-state index is 9.32. The molecule has 0 aliphatic heterocycles. The Morgan fingerprint density at radius 3 is 2.16 bits per heavy atom. The van der Waals surface area contributed by atoms with Crippen LogP contribution in [-0.4, -0.2) is 11.9 Å². The predicted molar refractivity (Wildman–Crippen MR) is 110 cm³/mol. The number of ether oxygens (including phenoxy) is 1. The lowest BCUT2D eigenvalue weighted by Crippen LogP contribution is -1.97. The second-order valence-corrected chi connectivity index (χ2v) is 7.58. The quantitative estimate of drug-likeness (QED) is 0.355. The van der Waals surface area contributed by atoms with Crippen molar-refractivity contribution in [2.45, 2.75) is 0 Å². The second-order valence-electron chi connectivity index (χ2n) is 5.75.